The molecular weight excluding hydrogens is 374 g/mol. The fraction of sp³-hybridized carbons (Fsp3) is 0.577. The second-order valence-electron chi connectivity index (χ2n) is 8.80. The second-order valence-corrected chi connectivity index (χ2v) is 8.80. The summed E-state index contributed by atoms with van der Waals surface area (Å²) in [5.74, 6) is 0.875. The van der Waals surface area contributed by atoms with Gasteiger partial charge in [-0.15, -0.1) is 0 Å². The Morgan fingerprint density at radius 3 is 2.63 bits per heavy atom. The van der Waals surface area contributed by atoms with Gasteiger partial charge in [-0.2, -0.15) is 0 Å². The van der Waals surface area contributed by atoms with Crippen LogP contribution >= 0.6 is 0 Å². The van der Waals surface area contributed by atoms with Crippen molar-refractivity contribution in [2.45, 2.75) is 78.6 Å². The molecule has 1 aliphatic carbocycles. The highest BCUT2D eigenvalue weighted by atomic mass is 16.6. The Hall–Kier alpha value is -2.23. The number of allylic oxidation sites excluding steroid dienone is 3. The lowest BCUT2D eigenvalue weighted by Gasteiger charge is -2.32. The number of carbonyl (C=O) groups excluding carboxylic acids is 1. The molecule has 0 saturated carbocycles. The Morgan fingerprint density at radius 1 is 1.27 bits per heavy atom. The maximum atomic E-state index is 12.7. The first-order valence-electron chi connectivity index (χ1n) is 11.4. The fourth-order valence-corrected chi connectivity index (χ4v) is 4.32. The maximum absolute atomic E-state index is 12.7. The minimum atomic E-state index is -0.383. The van der Waals surface area contributed by atoms with E-state index < -0.39 is 0 Å². The SMILES string of the molecule is C=C(C)[C@@H]1CCC(C)=C[C@H]1c1c(O)cc(CCCCC)cc1OC(=O)N(C)CCC. The molecule has 4 heteroatoms. The van der Waals surface area contributed by atoms with Crippen molar-refractivity contribution in [1.82, 2.24) is 4.90 Å². The van der Waals surface area contributed by atoms with Crippen LogP contribution in [0.25, 0.3) is 0 Å². The summed E-state index contributed by atoms with van der Waals surface area (Å²) in [5.41, 5.74) is 4.11. The van der Waals surface area contributed by atoms with Crippen molar-refractivity contribution in [3.05, 3.63) is 47.1 Å². The molecular formula is C26H39NO3. The lowest BCUT2D eigenvalue weighted by molar-refractivity contribution is 0.162. The van der Waals surface area contributed by atoms with Gasteiger partial charge in [-0.25, -0.2) is 4.79 Å². The van der Waals surface area contributed by atoms with Gasteiger partial charge in [-0.05, 0) is 69.6 Å². The van der Waals surface area contributed by atoms with Gasteiger partial charge < -0.3 is 14.7 Å². The summed E-state index contributed by atoms with van der Waals surface area (Å²) in [7, 11) is 1.75. The molecule has 0 spiro atoms. The average molecular weight is 414 g/mol. The summed E-state index contributed by atoms with van der Waals surface area (Å²) in [4.78, 5) is 14.3. The molecule has 0 aromatic heterocycles. The van der Waals surface area contributed by atoms with Crippen molar-refractivity contribution in [3.63, 3.8) is 0 Å². The van der Waals surface area contributed by atoms with Crippen LogP contribution < -0.4 is 4.74 Å². The van der Waals surface area contributed by atoms with Crippen molar-refractivity contribution in [3.8, 4) is 11.5 Å². The zero-order valence-corrected chi connectivity index (χ0v) is 19.5. The van der Waals surface area contributed by atoms with E-state index in [9.17, 15) is 9.90 Å². The summed E-state index contributed by atoms with van der Waals surface area (Å²) in [5, 5.41) is 11.1. The molecule has 166 valence electrons. The number of aryl methyl sites for hydroxylation is 1. The first-order chi connectivity index (χ1) is 14.3. The fourth-order valence-electron chi connectivity index (χ4n) is 4.32. The van der Waals surface area contributed by atoms with Crippen LogP contribution in [-0.2, 0) is 6.42 Å². The molecule has 1 amide bonds. The minimum Gasteiger partial charge on any atom is -0.507 e. The quantitative estimate of drug-likeness (QED) is 0.351. The number of carbonyl (C=O) groups is 1. The molecule has 0 radical (unpaired) electrons. The molecule has 30 heavy (non-hydrogen) atoms. The van der Waals surface area contributed by atoms with Crippen LogP contribution in [0.15, 0.2) is 35.9 Å². The van der Waals surface area contributed by atoms with Crippen LogP contribution in [0.4, 0.5) is 4.79 Å². The molecule has 0 fully saturated rings. The first kappa shape index (κ1) is 24.0. The lowest BCUT2D eigenvalue weighted by atomic mass is 9.73. The number of phenolic OH excluding ortho intramolecular Hbond substituents is 1. The van der Waals surface area contributed by atoms with Crippen molar-refractivity contribution in [2.75, 3.05) is 13.6 Å². The Balaban J connectivity index is 2.49. The molecule has 0 unspecified atom stereocenters. The first-order valence-corrected chi connectivity index (χ1v) is 11.4. The number of hydrogen-bond donors (Lipinski definition) is 1. The summed E-state index contributed by atoms with van der Waals surface area (Å²) in [6.07, 6.45) is 8.90. The molecule has 0 bridgehead atoms. The zero-order valence-electron chi connectivity index (χ0n) is 19.5. The largest absolute Gasteiger partial charge is 0.507 e. The minimum absolute atomic E-state index is 0.0415. The van der Waals surface area contributed by atoms with Crippen LogP contribution in [0.1, 0.15) is 83.3 Å². The van der Waals surface area contributed by atoms with E-state index in [0.29, 0.717) is 17.9 Å². The third kappa shape index (κ3) is 6.13. The van der Waals surface area contributed by atoms with Gasteiger partial charge in [0.05, 0.1) is 0 Å². The highest BCUT2D eigenvalue weighted by molar-refractivity contribution is 5.72. The van der Waals surface area contributed by atoms with E-state index >= 15 is 0 Å². The van der Waals surface area contributed by atoms with Crippen molar-refractivity contribution < 1.29 is 14.6 Å². The maximum Gasteiger partial charge on any atom is 0.414 e. The number of phenols is 1. The Bertz CT molecular complexity index is 781. The van der Waals surface area contributed by atoms with Crippen LogP contribution in [-0.4, -0.2) is 29.7 Å². The van der Waals surface area contributed by atoms with E-state index in [4.69, 9.17) is 4.74 Å². The van der Waals surface area contributed by atoms with E-state index in [1.54, 1.807) is 11.9 Å². The second kappa shape index (κ2) is 11.2. The van der Waals surface area contributed by atoms with Crippen LogP contribution in [0.5, 0.6) is 11.5 Å². The van der Waals surface area contributed by atoms with Crippen LogP contribution in [0.3, 0.4) is 0 Å². The number of benzene rings is 1. The molecule has 0 heterocycles. The molecule has 2 atom stereocenters. The molecule has 4 nitrogen and oxygen atoms in total. The third-order valence-corrected chi connectivity index (χ3v) is 6.03. The summed E-state index contributed by atoms with van der Waals surface area (Å²) in [6.45, 7) is 13.2. The average Bonchev–Trinajstić information content (AvgIpc) is 2.68. The zero-order chi connectivity index (χ0) is 22.3. The number of rotatable bonds is 9. The Morgan fingerprint density at radius 2 is 2.00 bits per heavy atom. The van der Waals surface area contributed by atoms with Gasteiger partial charge in [-0.3, -0.25) is 0 Å². The van der Waals surface area contributed by atoms with E-state index in [2.05, 4.69) is 26.5 Å². The number of amides is 1. The van der Waals surface area contributed by atoms with E-state index in [1.807, 2.05) is 26.0 Å². The molecule has 0 saturated heterocycles. The lowest BCUT2D eigenvalue weighted by Crippen LogP contribution is -2.31. The summed E-state index contributed by atoms with van der Waals surface area (Å²) >= 11 is 0. The van der Waals surface area contributed by atoms with Crippen molar-refractivity contribution >= 4 is 6.09 Å². The van der Waals surface area contributed by atoms with Gasteiger partial charge >= 0.3 is 6.09 Å². The van der Waals surface area contributed by atoms with Gasteiger partial charge in [0.15, 0.2) is 0 Å². The summed E-state index contributed by atoms with van der Waals surface area (Å²) in [6, 6.07) is 3.81. The molecule has 1 aliphatic rings. The molecule has 0 aliphatic heterocycles. The highest BCUT2D eigenvalue weighted by Gasteiger charge is 2.31. The monoisotopic (exact) mass is 413 g/mol. The normalized spacial score (nSPS) is 18.6. The van der Waals surface area contributed by atoms with E-state index in [0.717, 1.165) is 56.1 Å². The van der Waals surface area contributed by atoms with Crippen LogP contribution in [0, 0.1) is 5.92 Å². The number of nitrogens with zero attached hydrogens (tertiary/aromatic N) is 1. The highest BCUT2D eigenvalue weighted by Crippen LogP contribution is 2.47. The van der Waals surface area contributed by atoms with Gasteiger partial charge in [0.2, 0.25) is 0 Å². The van der Waals surface area contributed by atoms with Gasteiger partial charge in [-0.1, -0.05) is 50.5 Å². The van der Waals surface area contributed by atoms with E-state index in [1.165, 1.54) is 5.57 Å². The molecule has 2 rings (SSSR count). The van der Waals surface area contributed by atoms with E-state index in [-0.39, 0.29) is 23.7 Å². The number of hydrogen-bond acceptors (Lipinski definition) is 3. The number of aromatic hydroxyl groups is 1. The predicted octanol–water partition coefficient (Wildman–Crippen LogP) is 6.98. The van der Waals surface area contributed by atoms with Gasteiger partial charge in [0.25, 0.3) is 0 Å². The standard InChI is InChI=1S/C26H39NO3/c1-7-9-10-11-20-16-23(28)25(22-15-19(5)12-13-21(22)18(3)4)24(17-20)30-26(29)27(6)14-8-2/h15-17,21-22,28H,3,7-14H2,1-2,4-6H3/t21-,22+/m0/s1. The molecule has 1 aromatic carbocycles. The van der Waals surface area contributed by atoms with Gasteiger partial charge in [0, 0.05) is 25.1 Å². The predicted molar refractivity (Wildman–Crippen MR) is 124 cm³/mol. The van der Waals surface area contributed by atoms with Crippen LogP contribution in [0.2, 0.25) is 0 Å². The van der Waals surface area contributed by atoms with Crippen molar-refractivity contribution in [2.24, 2.45) is 5.92 Å². The topological polar surface area (TPSA) is 49.8 Å². The molecule has 1 aromatic rings. The van der Waals surface area contributed by atoms with Crippen molar-refractivity contribution in [1.29, 1.82) is 0 Å². The Kier molecular flexibility index (Phi) is 9.01. The molecule has 1 N–H and O–H groups in total. The Labute approximate surface area is 182 Å². The number of unbranched alkanes of at least 4 members (excludes halogenated alkanes) is 2. The smallest absolute Gasteiger partial charge is 0.414 e. The third-order valence-electron chi connectivity index (χ3n) is 6.03. The number of ether oxygens (including phenoxy) is 1. The van der Waals surface area contributed by atoms with Gasteiger partial charge in [0.1, 0.15) is 11.5 Å². The summed E-state index contributed by atoms with van der Waals surface area (Å²) < 4.78 is 5.87.